The van der Waals surface area contributed by atoms with Gasteiger partial charge in [-0.2, -0.15) is 0 Å². The largest absolute Gasteiger partial charge is 0.356 e. The number of hydrogen-bond donors (Lipinski definition) is 2. The minimum absolute atomic E-state index is 0.575. The van der Waals surface area contributed by atoms with Gasteiger partial charge in [0, 0.05) is 19.2 Å². The molecule has 0 bridgehead atoms. The van der Waals surface area contributed by atoms with Crippen LogP contribution in [0, 0.1) is 5.92 Å². The second kappa shape index (κ2) is 6.43. The van der Waals surface area contributed by atoms with Gasteiger partial charge in [-0.15, -0.1) is 0 Å². The van der Waals surface area contributed by atoms with Crippen LogP contribution in [0.25, 0.3) is 0 Å². The first kappa shape index (κ1) is 14.4. The van der Waals surface area contributed by atoms with Gasteiger partial charge >= 0.3 is 0 Å². The van der Waals surface area contributed by atoms with E-state index in [0.717, 1.165) is 16.9 Å². The van der Waals surface area contributed by atoms with Crippen molar-refractivity contribution in [2.75, 3.05) is 23.6 Å². The van der Waals surface area contributed by atoms with Crippen LogP contribution in [0.1, 0.15) is 32.6 Å². The Bertz CT molecular complexity index is 395. The molecular formula is C13H23N5S. The maximum Gasteiger partial charge on any atom is 0.191 e. The summed E-state index contributed by atoms with van der Waals surface area (Å²) in [6.07, 6.45) is 7.06. The monoisotopic (exact) mass is 281 g/mol. The molecule has 0 saturated heterocycles. The minimum atomic E-state index is 0.575. The minimum Gasteiger partial charge on any atom is -0.356 e. The summed E-state index contributed by atoms with van der Waals surface area (Å²) in [7, 11) is 2.12. The van der Waals surface area contributed by atoms with Gasteiger partial charge in [-0.3, -0.25) is 0 Å². The number of aromatic nitrogens is 2. The Hall–Kier alpha value is -1.01. The lowest BCUT2D eigenvalue weighted by Gasteiger charge is -2.34. The lowest BCUT2D eigenvalue weighted by Crippen LogP contribution is -2.35. The van der Waals surface area contributed by atoms with E-state index in [1.165, 1.54) is 37.4 Å². The standard InChI is InChI=1S/C13H23N5S/c1-9-4-6-10(7-5-9)18(2)12-8-11(17-14)15-13(16-12)19-3/h8-10H,4-7,14H2,1-3H3,(H,15,16,17). The van der Waals surface area contributed by atoms with Crippen LogP contribution in [0.3, 0.4) is 0 Å². The van der Waals surface area contributed by atoms with Crippen LogP contribution in [0.4, 0.5) is 11.6 Å². The third-order valence-corrected chi connectivity index (χ3v) is 4.46. The zero-order valence-electron chi connectivity index (χ0n) is 11.9. The first-order chi connectivity index (χ1) is 9.13. The van der Waals surface area contributed by atoms with E-state index in [1.807, 2.05) is 12.3 Å². The number of thioether (sulfide) groups is 1. The van der Waals surface area contributed by atoms with Gasteiger partial charge in [0.1, 0.15) is 11.6 Å². The first-order valence-corrected chi connectivity index (χ1v) is 7.99. The van der Waals surface area contributed by atoms with Gasteiger partial charge in [-0.1, -0.05) is 18.7 Å². The van der Waals surface area contributed by atoms with Crippen LogP contribution in [0.5, 0.6) is 0 Å². The fourth-order valence-corrected chi connectivity index (χ4v) is 2.95. The summed E-state index contributed by atoms with van der Waals surface area (Å²) < 4.78 is 0. The van der Waals surface area contributed by atoms with Gasteiger partial charge in [-0.05, 0) is 37.9 Å². The Morgan fingerprint density at radius 3 is 2.58 bits per heavy atom. The molecular weight excluding hydrogens is 258 g/mol. The topological polar surface area (TPSA) is 67.1 Å². The van der Waals surface area contributed by atoms with Crippen molar-refractivity contribution in [2.24, 2.45) is 11.8 Å². The maximum atomic E-state index is 5.47. The van der Waals surface area contributed by atoms with E-state index in [9.17, 15) is 0 Å². The van der Waals surface area contributed by atoms with Gasteiger partial charge < -0.3 is 10.3 Å². The molecule has 5 nitrogen and oxygen atoms in total. The molecule has 0 atom stereocenters. The Balaban J connectivity index is 2.15. The molecule has 2 rings (SSSR count). The van der Waals surface area contributed by atoms with Crippen LogP contribution in [0.2, 0.25) is 0 Å². The van der Waals surface area contributed by atoms with Crippen molar-refractivity contribution < 1.29 is 0 Å². The molecule has 1 fully saturated rings. The van der Waals surface area contributed by atoms with Crippen LogP contribution in [-0.4, -0.2) is 29.3 Å². The predicted octanol–water partition coefficient (Wildman–Crippen LogP) is 2.50. The SMILES string of the molecule is CSc1nc(NN)cc(N(C)C2CCC(C)CC2)n1. The Morgan fingerprint density at radius 2 is 2.00 bits per heavy atom. The molecule has 1 aliphatic rings. The quantitative estimate of drug-likeness (QED) is 0.382. The van der Waals surface area contributed by atoms with Crippen LogP contribution in [0.15, 0.2) is 11.2 Å². The second-order valence-corrected chi connectivity index (χ2v) is 6.04. The van der Waals surface area contributed by atoms with Crippen molar-refractivity contribution in [3.8, 4) is 0 Å². The lowest BCUT2D eigenvalue weighted by atomic mass is 9.87. The molecule has 19 heavy (non-hydrogen) atoms. The fraction of sp³-hybridized carbons (Fsp3) is 0.692. The highest BCUT2D eigenvalue weighted by molar-refractivity contribution is 7.98. The second-order valence-electron chi connectivity index (χ2n) is 5.27. The van der Waals surface area contributed by atoms with E-state index < -0.39 is 0 Å². The Labute approximate surface area is 119 Å². The molecule has 1 aromatic heterocycles. The summed E-state index contributed by atoms with van der Waals surface area (Å²) in [5.41, 5.74) is 2.62. The summed E-state index contributed by atoms with van der Waals surface area (Å²) in [5, 5.41) is 0.751. The van der Waals surface area contributed by atoms with Crippen molar-refractivity contribution in [2.45, 2.75) is 43.8 Å². The summed E-state index contributed by atoms with van der Waals surface area (Å²) in [6.45, 7) is 2.34. The summed E-state index contributed by atoms with van der Waals surface area (Å²) in [6, 6.07) is 2.49. The van der Waals surface area contributed by atoms with E-state index in [2.05, 4.69) is 34.3 Å². The number of rotatable bonds is 4. The smallest absolute Gasteiger partial charge is 0.191 e. The van der Waals surface area contributed by atoms with E-state index in [0.29, 0.717) is 11.9 Å². The zero-order chi connectivity index (χ0) is 13.8. The average molecular weight is 281 g/mol. The number of hydrazine groups is 1. The van der Waals surface area contributed by atoms with Gasteiger partial charge in [0.25, 0.3) is 0 Å². The highest BCUT2D eigenvalue weighted by Crippen LogP contribution is 2.29. The van der Waals surface area contributed by atoms with Crippen molar-refractivity contribution in [1.29, 1.82) is 0 Å². The van der Waals surface area contributed by atoms with Crippen molar-refractivity contribution >= 4 is 23.4 Å². The number of nitrogens with zero attached hydrogens (tertiary/aromatic N) is 3. The molecule has 1 aliphatic carbocycles. The van der Waals surface area contributed by atoms with Crippen LogP contribution < -0.4 is 16.2 Å². The van der Waals surface area contributed by atoms with Crippen LogP contribution in [-0.2, 0) is 0 Å². The van der Waals surface area contributed by atoms with Gasteiger partial charge in [0.05, 0.1) is 0 Å². The van der Waals surface area contributed by atoms with Crippen molar-refractivity contribution in [3.63, 3.8) is 0 Å². The molecule has 1 heterocycles. The molecule has 0 unspecified atom stereocenters. The Kier molecular flexibility index (Phi) is 4.87. The highest BCUT2D eigenvalue weighted by Gasteiger charge is 2.23. The normalized spacial score (nSPS) is 23.2. The molecule has 0 spiro atoms. The average Bonchev–Trinajstić information content (AvgIpc) is 2.46. The molecule has 1 aromatic rings. The Morgan fingerprint density at radius 1 is 1.32 bits per heavy atom. The zero-order valence-corrected chi connectivity index (χ0v) is 12.7. The maximum absolute atomic E-state index is 5.47. The molecule has 0 amide bonds. The van der Waals surface area contributed by atoms with Gasteiger partial charge in [0.15, 0.2) is 5.16 Å². The predicted molar refractivity (Wildman–Crippen MR) is 81.4 cm³/mol. The number of nitrogen functional groups attached to an aromatic ring is 1. The molecule has 0 aliphatic heterocycles. The van der Waals surface area contributed by atoms with E-state index >= 15 is 0 Å². The third-order valence-electron chi connectivity index (χ3n) is 3.92. The van der Waals surface area contributed by atoms with Crippen LogP contribution >= 0.6 is 11.8 Å². The van der Waals surface area contributed by atoms with Crippen molar-refractivity contribution in [3.05, 3.63) is 6.07 Å². The van der Waals surface area contributed by atoms with Crippen molar-refractivity contribution in [1.82, 2.24) is 9.97 Å². The molecule has 106 valence electrons. The molecule has 1 saturated carbocycles. The fourth-order valence-electron chi connectivity index (χ4n) is 2.58. The molecule has 3 N–H and O–H groups in total. The molecule has 0 aromatic carbocycles. The van der Waals surface area contributed by atoms with Gasteiger partial charge in [0.2, 0.25) is 0 Å². The third kappa shape index (κ3) is 3.51. The summed E-state index contributed by atoms with van der Waals surface area (Å²) >= 11 is 1.53. The number of anilines is 2. The number of nitrogens with two attached hydrogens (primary N) is 1. The summed E-state index contributed by atoms with van der Waals surface area (Å²) in [4.78, 5) is 11.1. The highest BCUT2D eigenvalue weighted by atomic mass is 32.2. The van der Waals surface area contributed by atoms with E-state index in [4.69, 9.17) is 5.84 Å². The number of hydrogen-bond acceptors (Lipinski definition) is 6. The first-order valence-electron chi connectivity index (χ1n) is 6.76. The molecule has 0 radical (unpaired) electrons. The molecule has 6 heteroatoms. The lowest BCUT2D eigenvalue weighted by molar-refractivity contribution is 0.339. The van der Waals surface area contributed by atoms with E-state index in [-0.39, 0.29) is 0 Å². The summed E-state index contributed by atoms with van der Waals surface area (Å²) in [5.74, 6) is 7.95. The van der Waals surface area contributed by atoms with Gasteiger partial charge in [-0.25, -0.2) is 15.8 Å². The van der Waals surface area contributed by atoms with E-state index in [1.54, 1.807) is 0 Å². The number of nitrogens with one attached hydrogen (secondary N) is 1.